The van der Waals surface area contributed by atoms with Crippen LogP contribution in [-0.4, -0.2) is 26.5 Å². The summed E-state index contributed by atoms with van der Waals surface area (Å²) in [5, 5.41) is 1.69. The van der Waals surface area contributed by atoms with Crippen molar-refractivity contribution < 1.29 is 17.9 Å². The Morgan fingerprint density at radius 1 is 1.47 bits per heavy atom. The van der Waals surface area contributed by atoms with Gasteiger partial charge in [-0.05, 0) is 31.2 Å². The van der Waals surface area contributed by atoms with E-state index in [0.29, 0.717) is 12.8 Å². The summed E-state index contributed by atoms with van der Waals surface area (Å²) in [6, 6.07) is 3.20. The summed E-state index contributed by atoms with van der Waals surface area (Å²) >= 11 is 1.13. The maximum Gasteiger partial charge on any atom is 0.327 e. The standard InChI is InChI=1S/C12H17NO4S2/c1-2-17-11(14)12(7-3-4-8-12)13-19(15,16)10-6-5-9-18-10/h5-6,9,13H,2-4,7-8H2,1H3. The Hall–Kier alpha value is -0.920. The topological polar surface area (TPSA) is 72.5 Å². The van der Waals surface area contributed by atoms with Crippen LogP contribution in [-0.2, 0) is 19.6 Å². The highest BCUT2D eigenvalue weighted by atomic mass is 32.2. The second-order valence-electron chi connectivity index (χ2n) is 4.55. The maximum absolute atomic E-state index is 12.3. The molecule has 0 aliphatic heterocycles. The average Bonchev–Trinajstić information content (AvgIpc) is 2.99. The number of nitrogens with one attached hydrogen (secondary N) is 1. The van der Waals surface area contributed by atoms with E-state index < -0.39 is 21.5 Å². The predicted octanol–water partition coefficient (Wildman–Crippen LogP) is 1.90. The first kappa shape index (κ1) is 14.5. The highest BCUT2D eigenvalue weighted by Crippen LogP contribution is 2.33. The molecule has 1 saturated carbocycles. The van der Waals surface area contributed by atoms with Crippen LogP contribution in [0.25, 0.3) is 0 Å². The van der Waals surface area contributed by atoms with E-state index in [1.807, 2.05) is 0 Å². The first-order chi connectivity index (χ1) is 9.00. The molecule has 1 aromatic heterocycles. The van der Waals surface area contributed by atoms with Gasteiger partial charge in [0.25, 0.3) is 10.0 Å². The van der Waals surface area contributed by atoms with Gasteiger partial charge in [-0.2, -0.15) is 4.72 Å². The molecule has 0 amide bonds. The molecule has 1 heterocycles. The van der Waals surface area contributed by atoms with Gasteiger partial charge in [0, 0.05) is 0 Å². The van der Waals surface area contributed by atoms with Crippen molar-refractivity contribution >= 4 is 27.3 Å². The first-order valence-electron chi connectivity index (χ1n) is 6.25. The number of hydrogen-bond acceptors (Lipinski definition) is 5. The number of esters is 1. The van der Waals surface area contributed by atoms with Crippen LogP contribution in [0.3, 0.4) is 0 Å². The summed E-state index contributed by atoms with van der Waals surface area (Å²) in [6.07, 6.45) is 2.64. The Balaban J connectivity index is 2.25. The summed E-state index contributed by atoms with van der Waals surface area (Å²) in [4.78, 5) is 12.1. The smallest absolute Gasteiger partial charge is 0.327 e. The molecular formula is C12H17NO4S2. The molecule has 19 heavy (non-hydrogen) atoms. The Kier molecular flexibility index (Phi) is 4.27. The van der Waals surface area contributed by atoms with E-state index in [4.69, 9.17) is 4.74 Å². The summed E-state index contributed by atoms with van der Waals surface area (Å²) in [6.45, 7) is 1.97. The zero-order valence-electron chi connectivity index (χ0n) is 10.7. The zero-order chi connectivity index (χ0) is 13.9. The van der Waals surface area contributed by atoms with Crippen molar-refractivity contribution in [1.29, 1.82) is 0 Å². The second-order valence-corrected chi connectivity index (χ2v) is 7.40. The molecule has 1 aliphatic rings. The van der Waals surface area contributed by atoms with Crippen LogP contribution in [0.5, 0.6) is 0 Å². The fourth-order valence-corrected chi connectivity index (χ4v) is 4.73. The summed E-state index contributed by atoms with van der Waals surface area (Å²) in [5.41, 5.74) is -1.08. The molecule has 106 valence electrons. The number of ether oxygens (including phenoxy) is 1. The number of carbonyl (C=O) groups excluding carboxylic acids is 1. The summed E-state index contributed by atoms with van der Waals surface area (Å²) < 4.78 is 32.3. The van der Waals surface area contributed by atoms with Crippen LogP contribution in [0.4, 0.5) is 0 Å². The lowest BCUT2D eigenvalue weighted by atomic mass is 10.00. The van der Waals surface area contributed by atoms with E-state index in [1.165, 1.54) is 6.07 Å². The fourth-order valence-electron chi connectivity index (χ4n) is 2.32. The van der Waals surface area contributed by atoms with Crippen LogP contribution >= 0.6 is 11.3 Å². The Labute approximate surface area is 117 Å². The van der Waals surface area contributed by atoms with Crippen LogP contribution in [0.2, 0.25) is 0 Å². The van der Waals surface area contributed by atoms with Crippen molar-refractivity contribution in [2.75, 3.05) is 6.61 Å². The highest BCUT2D eigenvalue weighted by Gasteiger charge is 2.46. The van der Waals surface area contributed by atoms with Gasteiger partial charge >= 0.3 is 5.97 Å². The van der Waals surface area contributed by atoms with Crippen molar-refractivity contribution in [2.24, 2.45) is 0 Å². The third-order valence-corrected chi connectivity index (χ3v) is 6.15. The average molecular weight is 303 g/mol. The molecule has 2 rings (SSSR count). The van der Waals surface area contributed by atoms with Crippen molar-refractivity contribution in [3.05, 3.63) is 17.5 Å². The van der Waals surface area contributed by atoms with Gasteiger partial charge in [-0.25, -0.2) is 8.42 Å². The van der Waals surface area contributed by atoms with E-state index in [-0.39, 0.29) is 10.8 Å². The molecule has 0 spiro atoms. The quantitative estimate of drug-likeness (QED) is 0.843. The Morgan fingerprint density at radius 3 is 2.68 bits per heavy atom. The molecular weight excluding hydrogens is 286 g/mol. The van der Waals surface area contributed by atoms with Crippen molar-refractivity contribution in [1.82, 2.24) is 4.72 Å². The second kappa shape index (κ2) is 5.60. The lowest BCUT2D eigenvalue weighted by molar-refractivity contribution is -0.150. The number of rotatable bonds is 5. The molecule has 0 unspecified atom stereocenters. The number of sulfonamides is 1. The molecule has 0 bridgehead atoms. The Bertz CT molecular complexity index is 530. The van der Waals surface area contributed by atoms with E-state index in [9.17, 15) is 13.2 Å². The number of hydrogen-bond donors (Lipinski definition) is 1. The lowest BCUT2D eigenvalue weighted by Crippen LogP contribution is -2.53. The normalized spacial score (nSPS) is 18.4. The zero-order valence-corrected chi connectivity index (χ0v) is 12.4. The van der Waals surface area contributed by atoms with Gasteiger partial charge in [0.2, 0.25) is 0 Å². The fraction of sp³-hybridized carbons (Fsp3) is 0.583. The van der Waals surface area contributed by atoms with Crippen molar-refractivity contribution in [2.45, 2.75) is 42.4 Å². The van der Waals surface area contributed by atoms with Crippen LogP contribution < -0.4 is 4.72 Å². The van der Waals surface area contributed by atoms with Gasteiger partial charge in [-0.15, -0.1) is 11.3 Å². The van der Waals surface area contributed by atoms with E-state index in [1.54, 1.807) is 18.4 Å². The summed E-state index contributed by atoms with van der Waals surface area (Å²) in [7, 11) is -3.65. The van der Waals surface area contributed by atoms with Gasteiger partial charge in [0.15, 0.2) is 0 Å². The first-order valence-corrected chi connectivity index (χ1v) is 8.61. The number of thiophene rings is 1. The molecule has 0 saturated heterocycles. The maximum atomic E-state index is 12.3. The largest absolute Gasteiger partial charge is 0.465 e. The van der Waals surface area contributed by atoms with Gasteiger partial charge < -0.3 is 4.74 Å². The van der Waals surface area contributed by atoms with Crippen LogP contribution in [0.1, 0.15) is 32.6 Å². The van der Waals surface area contributed by atoms with E-state index in [0.717, 1.165) is 24.2 Å². The molecule has 1 aromatic rings. The van der Waals surface area contributed by atoms with E-state index in [2.05, 4.69) is 4.72 Å². The minimum Gasteiger partial charge on any atom is -0.465 e. The highest BCUT2D eigenvalue weighted by molar-refractivity contribution is 7.91. The van der Waals surface area contributed by atoms with Gasteiger partial charge in [-0.3, -0.25) is 4.79 Å². The molecule has 1 fully saturated rings. The van der Waals surface area contributed by atoms with Crippen LogP contribution in [0.15, 0.2) is 21.7 Å². The molecule has 0 radical (unpaired) electrons. The van der Waals surface area contributed by atoms with E-state index >= 15 is 0 Å². The molecule has 1 aliphatic carbocycles. The lowest BCUT2D eigenvalue weighted by Gasteiger charge is -2.27. The summed E-state index contributed by atoms with van der Waals surface area (Å²) in [5.74, 6) is -0.465. The van der Waals surface area contributed by atoms with Gasteiger partial charge in [0.1, 0.15) is 9.75 Å². The molecule has 5 nitrogen and oxygen atoms in total. The minimum atomic E-state index is -3.65. The third kappa shape index (κ3) is 2.98. The van der Waals surface area contributed by atoms with Gasteiger partial charge in [0.05, 0.1) is 6.61 Å². The van der Waals surface area contributed by atoms with Crippen molar-refractivity contribution in [3.63, 3.8) is 0 Å². The SMILES string of the molecule is CCOC(=O)C1(NS(=O)(=O)c2cccs2)CCCC1. The molecule has 1 N–H and O–H groups in total. The Morgan fingerprint density at radius 2 is 2.16 bits per heavy atom. The monoisotopic (exact) mass is 303 g/mol. The van der Waals surface area contributed by atoms with Crippen molar-refractivity contribution in [3.8, 4) is 0 Å². The minimum absolute atomic E-state index is 0.225. The van der Waals surface area contributed by atoms with Crippen LogP contribution in [0, 0.1) is 0 Å². The van der Waals surface area contributed by atoms with Gasteiger partial charge in [-0.1, -0.05) is 18.9 Å². The molecule has 0 atom stereocenters. The third-order valence-electron chi connectivity index (χ3n) is 3.21. The molecule has 0 aromatic carbocycles. The molecule has 7 heteroatoms. The predicted molar refractivity (Wildman–Crippen MR) is 72.5 cm³/mol. The number of carbonyl (C=O) groups is 1.